The molecule has 3 heterocycles. The number of carbonyl (C=O) groups excluding carboxylic acids is 2. The summed E-state index contributed by atoms with van der Waals surface area (Å²) in [6.45, 7) is 2.03. The summed E-state index contributed by atoms with van der Waals surface area (Å²) in [5.41, 5.74) is 2.31. The van der Waals surface area contributed by atoms with E-state index in [9.17, 15) is 19.5 Å². The SMILES string of the molecule is Cc1csc(SC(CC(=O)OCc2ccccc2)C2=C(C(=O)O)N3C(=O)C[C@@H]3SC2)n1. The number of aliphatic carboxylic acids is 1. The monoisotopic (exact) mass is 476 g/mol. The number of hydrogen-bond acceptors (Lipinski definition) is 8. The highest BCUT2D eigenvalue weighted by Crippen LogP contribution is 2.44. The van der Waals surface area contributed by atoms with E-state index in [0.717, 1.165) is 15.6 Å². The predicted octanol–water partition coefficient (Wildman–Crippen LogP) is 3.69. The van der Waals surface area contributed by atoms with Crippen LogP contribution in [-0.4, -0.2) is 49.2 Å². The Morgan fingerprint density at radius 3 is 2.77 bits per heavy atom. The quantitative estimate of drug-likeness (QED) is 0.350. The van der Waals surface area contributed by atoms with Crippen LogP contribution in [0.4, 0.5) is 0 Å². The van der Waals surface area contributed by atoms with Gasteiger partial charge >= 0.3 is 11.9 Å². The Kier molecular flexibility index (Phi) is 6.68. The molecule has 2 atom stereocenters. The highest BCUT2D eigenvalue weighted by atomic mass is 32.2. The van der Waals surface area contributed by atoms with Crippen LogP contribution in [0.1, 0.15) is 24.1 Å². The molecule has 2 aromatic rings. The van der Waals surface area contributed by atoms with E-state index in [0.29, 0.717) is 17.7 Å². The average Bonchev–Trinajstić information content (AvgIpc) is 3.15. The smallest absolute Gasteiger partial charge is 0.352 e. The van der Waals surface area contributed by atoms with Gasteiger partial charge in [-0.1, -0.05) is 42.1 Å². The van der Waals surface area contributed by atoms with Crippen molar-refractivity contribution in [2.24, 2.45) is 0 Å². The van der Waals surface area contributed by atoms with E-state index in [1.54, 1.807) is 0 Å². The maximum absolute atomic E-state index is 12.7. The molecule has 7 nitrogen and oxygen atoms in total. The van der Waals surface area contributed by atoms with E-state index in [2.05, 4.69) is 4.98 Å². The number of aryl methyl sites for hydroxylation is 1. The molecule has 0 bridgehead atoms. The molecule has 1 saturated heterocycles. The summed E-state index contributed by atoms with van der Waals surface area (Å²) in [5.74, 6) is -1.32. The normalized spacial score (nSPS) is 18.9. The third-order valence-electron chi connectivity index (χ3n) is 4.91. The number of aromatic nitrogens is 1. The van der Waals surface area contributed by atoms with Gasteiger partial charge in [0.1, 0.15) is 12.3 Å². The van der Waals surface area contributed by atoms with Crippen molar-refractivity contribution in [1.29, 1.82) is 0 Å². The standard InChI is InChI=1S/C21H20N2O5S3/c1-12-10-30-21(22-12)31-15(7-18(25)28-9-13-5-3-2-4-6-13)14-11-29-17-8-16(24)23(17)19(14)20(26)27/h2-6,10,15,17H,7-9,11H2,1H3,(H,26,27)/t15?,17-/m0/s1. The van der Waals surface area contributed by atoms with Crippen molar-refractivity contribution in [3.05, 3.63) is 58.2 Å². The number of nitrogens with zero attached hydrogens (tertiary/aromatic N) is 2. The highest BCUT2D eigenvalue weighted by molar-refractivity contribution is 8.02. The molecule has 1 fully saturated rings. The summed E-state index contributed by atoms with van der Waals surface area (Å²) in [6.07, 6.45) is 0.340. The van der Waals surface area contributed by atoms with Crippen LogP contribution in [0, 0.1) is 6.92 Å². The third-order valence-corrected chi connectivity index (χ3v) is 8.51. The van der Waals surface area contributed by atoms with Crippen LogP contribution in [0.25, 0.3) is 0 Å². The van der Waals surface area contributed by atoms with Crippen molar-refractivity contribution in [2.45, 2.75) is 41.3 Å². The molecule has 31 heavy (non-hydrogen) atoms. The van der Waals surface area contributed by atoms with Gasteiger partial charge < -0.3 is 9.84 Å². The lowest BCUT2D eigenvalue weighted by molar-refractivity contribution is -0.146. The molecule has 10 heteroatoms. The second-order valence-corrected chi connectivity index (χ2v) is 10.6. The number of carbonyl (C=O) groups is 3. The fourth-order valence-electron chi connectivity index (χ4n) is 3.38. The fraction of sp³-hybridized carbons (Fsp3) is 0.333. The van der Waals surface area contributed by atoms with Crippen LogP contribution in [0.5, 0.6) is 0 Å². The molecule has 1 amide bonds. The molecule has 162 valence electrons. The minimum Gasteiger partial charge on any atom is -0.477 e. The molecule has 0 aliphatic carbocycles. The van der Waals surface area contributed by atoms with Gasteiger partial charge in [0.25, 0.3) is 0 Å². The van der Waals surface area contributed by atoms with Crippen LogP contribution in [0.2, 0.25) is 0 Å². The van der Waals surface area contributed by atoms with Crippen molar-refractivity contribution in [3.63, 3.8) is 0 Å². The second kappa shape index (κ2) is 9.46. The maximum Gasteiger partial charge on any atom is 0.352 e. The molecule has 1 aromatic carbocycles. The van der Waals surface area contributed by atoms with Gasteiger partial charge in [-0.05, 0) is 18.1 Å². The van der Waals surface area contributed by atoms with Gasteiger partial charge in [0.05, 0.1) is 18.2 Å². The number of benzene rings is 1. The number of ether oxygens (including phenoxy) is 1. The maximum atomic E-state index is 12.7. The molecule has 1 unspecified atom stereocenters. The second-order valence-electron chi connectivity index (χ2n) is 7.12. The van der Waals surface area contributed by atoms with E-state index in [1.165, 1.54) is 39.8 Å². The number of amides is 1. The number of fused-ring (bicyclic) bond motifs is 1. The van der Waals surface area contributed by atoms with Crippen LogP contribution >= 0.6 is 34.9 Å². The van der Waals surface area contributed by atoms with Gasteiger partial charge in [-0.15, -0.1) is 23.1 Å². The predicted molar refractivity (Wildman–Crippen MR) is 120 cm³/mol. The fourth-order valence-corrected chi connectivity index (χ4v) is 7.06. The van der Waals surface area contributed by atoms with Crippen LogP contribution in [0.3, 0.4) is 0 Å². The number of carboxylic acids is 1. The Morgan fingerprint density at radius 2 is 2.13 bits per heavy atom. The third kappa shape index (κ3) is 4.97. The highest BCUT2D eigenvalue weighted by Gasteiger charge is 2.46. The summed E-state index contributed by atoms with van der Waals surface area (Å²) in [7, 11) is 0. The number of esters is 1. The van der Waals surface area contributed by atoms with Crippen LogP contribution < -0.4 is 0 Å². The first kappa shape index (κ1) is 21.9. The molecule has 1 N–H and O–H groups in total. The van der Waals surface area contributed by atoms with Crippen molar-refractivity contribution < 1.29 is 24.2 Å². The minimum absolute atomic E-state index is 0.00152. The molecular formula is C21H20N2O5S3. The lowest BCUT2D eigenvalue weighted by Gasteiger charge is -2.44. The Labute approximate surface area is 191 Å². The Bertz CT molecular complexity index is 1040. The van der Waals surface area contributed by atoms with E-state index in [4.69, 9.17) is 4.74 Å². The Hall–Kier alpha value is -2.30. The Morgan fingerprint density at radius 1 is 1.35 bits per heavy atom. The van der Waals surface area contributed by atoms with E-state index < -0.39 is 17.2 Å². The van der Waals surface area contributed by atoms with Gasteiger partial charge in [0.2, 0.25) is 5.91 Å². The molecule has 0 radical (unpaired) electrons. The van der Waals surface area contributed by atoms with Crippen molar-refractivity contribution in [1.82, 2.24) is 9.88 Å². The van der Waals surface area contributed by atoms with E-state index >= 15 is 0 Å². The molecule has 4 rings (SSSR count). The molecular weight excluding hydrogens is 456 g/mol. The first-order valence-corrected chi connectivity index (χ1v) is 12.4. The van der Waals surface area contributed by atoms with Crippen LogP contribution in [-0.2, 0) is 25.7 Å². The van der Waals surface area contributed by atoms with Crippen LogP contribution in [0.15, 0.2) is 51.3 Å². The number of thiazole rings is 1. The van der Waals surface area contributed by atoms with Crippen molar-refractivity contribution >= 4 is 52.7 Å². The number of thioether (sulfide) groups is 2. The van der Waals surface area contributed by atoms with Crippen molar-refractivity contribution in [3.8, 4) is 0 Å². The zero-order chi connectivity index (χ0) is 22.0. The lowest BCUT2D eigenvalue weighted by atomic mass is 10.0. The number of hydrogen-bond donors (Lipinski definition) is 1. The molecule has 0 spiro atoms. The van der Waals surface area contributed by atoms with Crippen molar-refractivity contribution in [2.75, 3.05) is 5.75 Å². The van der Waals surface area contributed by atoms with Gasteiger partial charge in [0.15, 0.2) is 4.34 Å². The zero-order valence-electron chi connectivity index (χ0n) is 16.6. The number of carboxylic acid groups (broad SMARTS) is 1. The summed E-state index contributed by atoms with van der Waals surface area (Å²) >= 11 is 4.33. The molecule has 1 aromatic heterocycles. The lowest BCUT2D eigenvalue weighted by Crippen LogP contribution is -2.54. The van der Waals surface area contributed by atoms with Gasteiger partial charge in [-0.25, -0.2) is 9.78 Å². The topological polar surface area (TPSA) is 96.8 Å². The van der Waals surface area contributed by atoms with Gasteiger partial charge in [0, 0.05) is 22.1 Å². The summed E-state index contributed by atoms with van der Waals surface area (Å²) in [6, 6.07) is 9.37. The van der Waals surface area contributed by atoms with E-state index in [-0.39, 0.29) is 30.0 Å². The zero-order valence-corrected chi connectivity index (χ0v) is 19.1. The summed E-state index contributed by atoms with van der Waals surface area (Å²) in [5, 5.41) is 11.1. The average molecular weight is 477 g/mol. The van der Waals surface area contributed by atoms with Gasteiger partial charge in [-0.2, -0.15) is 0 Å². The Balaban J connectivity index is 1.57. The molecule has 0 saturated carbocycles. The number of β-lactam (4-membered cyclic amide) rings is 1. The first-order chi connectivity index (χ1) is 14.9. The molecule has 2 aliphatic heterocycles. The summed E-state index contributed by atoms with van der Waals surface area (Å²) in [4.78, 5) is 42.6. The molecule has 2 aliphatic rings. The minimum atomic E-state index is -1.15. The number of rotatable bonds is 8. The van der Waals surface area contributed by atoms with Gasteiger partial charge in [-0.3, -0.25) is 14.5 Å². The largest absolute Gasteiger partial charge is 0.477 e. The summed E-state index contributed by atoms with van der Waals surface area (Å²) < 4.78 is 6.19. The van der Waals surface area contributed by atoms with E-state index in [1.807, 2.05) is 42.6 Å². The first-order valence-electron chi connectivity index (χ1n) is 9.60.